The summed E-state index contributed by atoms with van der Waals surface area (Å²) in [5, 5.41) is 14.5. The molecular weight excluding hydrogens is 855 g/mol. The quantitative estimate of drug-likeness (QED) is 0.0802. The van der Waals surface area contributed by atoms with Crippen LogP contribution in [0.15, 0.2) is 59.4 Å². The third-order valence-electron chi connectivity index (χ3n) is 12.0. The maximum atomic E-state index is 12.0. The number of furan rings is 1. The van der Waals surface area contributed by atoms with Gasteiger partial charge in [0.1, 0.15) is 17.5 Å². The molecule has 2 saturated carbocycles. The fraction of sp³-hybridized carbons (Fsp3) is 0.520. The molecule has 5 amide bonds. The highest BCUT2D eigenvalue weighted by atomic mass is 16.5. The summed E-state index contributed by atoms with van der Waals surface area (Å²) in [6.07, 6.45) is 8.92. The molecule has 4 aliphatic rings. The lowest BCUT2D eigenvalue weighted by molar-refractivity contribution is -0.121. The van der Waals surface area contributed by atoms with E-state index in [1.54, 1.807) is 24.7 Å². The molecule has 360 valence electrons. The number of carbonyl (C=O) groups is 5. The van der Waals surface area contributed by atoms with Crippen LogP contribution in [0.5, 0.6) is 0 Å². The first-order valence-electron chi connectivity index (χ1n) is 23.1. The van der Waals surface area contributed by atoms with Crippen molar-refractivity contribution in [2.45, 2.75) is 129 Å². The number of hydrogen-bond donors (Lipinski definition) is 6. The van der Waals surface area contributed by atoms with Crippen molar-refractivity contribution in [3.8, 4) is 11.1 Å². The van der Waals surface area contributed by atoms with E-state index in [1.807, 2.05) is 71.9 Å². The zero-order chi connectivity index (χ0) is 48.7. The monoisotopic (exact) mass is 922 g/mol. The van der Waals surface area contributed by atoms with Crippen LogP contribution in [0.3, 0.4) is 0 Å². The Hall–Kier alpha value is -6.20. The van der Waals surface area contributed by atoms with Gasteiger partial charge >= 0.3 is 0 Å². The molecule has 4 fully saturated rings. The molecule has 2 unspecified atom stereocenters. The summed E-state index contributed by atoms with van der Waals surface area (Å²) in [7, 11) is 0. The molecule has 2 atom stereocenters. The average molecular weight is 922 g/mol. The van der Waals surface area contributed by atoms with Gasteiger partial charge < -0.3 is 46.2 Å². The lowest BCUT2D eigenvalue weighted by Crippen LogP contribution is -2.41. The van der Waals surface area contributed by atoms with Gasteiger partial charge in [0.25, 0.3) is 0 Å². The number of hydrogen-bond acceptors (Lipinski definition) is 12. The summed E-state index contributed by atoms with van der Waals surface area (Å²) < 4.78 is 16.1. The number of carbonyl (C=O) groups excluding carboxylic acids is 5. The van der Waals surface area contributed by atoms with E-state index in [0.717, 1.165) is 85.4 Å². The zero-order valence-electron chi connectivity index (χ0n) is 40.3. The SMILES string of the molecule is CC(=O)NC(C)(C)c1nc(N)ccc1C1CCOC1.CC(=O)NC(C)(C)c1nc(NC(=O)C2CC2)ccc1-c1ccoc1.CC(=O)NC(C)(C)c1nc(NC(=O)C2CC2)ccc1C1CCOC1. The third kappa shape index (κ3) is 13.7. The van der Waals surface area contributed by atoms with E-state index in [9.17, 15) is 24.0 Å². The van der Waals surface area contributed by atoms with Crippen LogP contribution in [-0.4, -0.2) is 70.9 Å². The number of aromatic nitrogens is 3. The molecule has 6 heterocycles. The molecule has 8 rings (SSSR count). The van der Waals surface area contributed by atoms with Gasteiger partial charge in [-0.05, 0) is 122 Å². The Bertz CT molecular complexity index is 2410. The van der Waals surface area contributed by atoms with Gasteiger partial charge in [0, 0.05) is 68.8 Å². The lowest BCUT2D eigenvalue weighted by atomic mass is 9.88. The predicted molar refractivity (Wildman–Crippen MR) is 254 cm³/mol. The standard InChI is InChI=1S/C18H25N3O3.C18H21N3O3.C14H21N3O2/c2*1-11(22)21-18(2,3)16-14(13-8-9-24-10-13)6-7-15(19-16)20-17(23)12-4-5-12;1-9(18)17-14(2,3)13-11(4-5-12(15)16-13)10-6-7-19-8-10/h6-7,12-13H,4-5,8-10H2,1-3H3,(H,21,22)(H,19,20,23);6-10,12H,4-5H2,1-3H3,(H,21,22)(H,19,20,23);4-5,10H,6-8H2,1-3H3,(H2,15,16)(H,17,18). The summed E-state index contributed by atoms with van der Waals surface area (Å²) in [6.45, 7) is 18.9. The first-order chi connectivity index (χ1) is 31.6. The first-order valence-corrected chi connectivity index (χ1v) is 23.1. The number of nitrogens with zero attached hydrogens (tertiary/aromatic N) is 3. The molecule has 0 spiro atoms. The van der Waals surface area contributed by atoms with Crippen molar-refractivity contribution in [3.63, 3.8) is 0 Å². The van der Waals surface area contributed by atoms with Crippen molar-refractivity contribution in [1.29, 1.82) is 0 Å². The fourth-order valence-corrected chi connectivity index (χ4v) is 8.55. The fourth-order valence-electron chi connectivity index (χ4n) is 8.55. The molecule has 4 aromatic rings. The second-order valence-electron chi connectivity index (χ2n) is 19.5. The molecule has 2 aliphatic heterocycles. The lowest BCUT2D eigenvalue weighted by Gasteiger charge is -2.29. The van der Waals surface area contributed by atoms with Gasteiger partial charge in [0.05, 0.1) is 59.4 Å². The van der Waals surface area contributed by atoms with Crippen molar-refractivity contribution in [2.24, 2.45) is 11.8 Å². The highest BCUT2D eigenvalue weighted by molar-refractivity contribution is 5.94. The predicted octanol–water partition coefficient (Wildman–Crippen LogP) is 6.91. The largest absolute Gasteiger partial charge is 0.472 e. The number of anilines is 3. The van der Waals surface area contributed by atoms with Gasteiger partial charge in [-0.25, -0.2) is 15.0 Å². The summed E-state index contributed by atoms with van der Waals surface area (Å²) >= 11 is 0. The van der Waals surface area contributed by atoms with Gasteiger partial charge in [-0.2, -0.15) is 0 Å². The maximum Gasteiger partial charge on any atom is 0.228 e. The van der Waals surface area contributed by atoms with E-state index in [1.165, 1.54) is 20.8 Å². The molecule has 0 radical (unpaired) electrons. The van der Waals surface area contributed by atoms with Crippen LogP contribution < -0.4 is 32.3 Å². The number of rotatable bonds is 13. The van der Waals surface area contributed by atoms with Crippen LogP contribution >= 0.6 is 0 Å². The molecule has 2 aliphatic carbocycles. The number of pyridine rings is 3. The van der Waals surface area contributed by atoms with E-state index in [2.05, 4.69) is 41.5 Å². The van der Waals surface area contributed by atoms with Gasteiger partial charge in [-0.15, -0.1) is 0 Å². The summed E-state index contributed by atoms with van der Waals surface area (Å²) in [5.74, 6) is 2.04. The van der Waals surface area contributed by atoms with E-state index in [0.29, 0.717) is 42.3 Å². The van der Waals surface area contributed by atoms with Gasteiger partial charge in [0.15, 0.2) is 0 Å². The normalized spacial score (nSPS) is 18.0. The van der Waals surface area contributed by atoms with E-state index >= 15 is 0 Å². The van der Waals surface area contributed by atoms with Crippen LogP contribution in [0, 0.1) is 11.8 Å². The highest BCUT2D eigenvalue weighted by Gasteiger charge is 2.35. The number of amides is 5. The Kier molecular flexibility index (Phi) is 15.9. The van der Waals surface area contributed by atoms with Crippen LogP contribution in [0.4, 0.5) is 17.5 Å². The van der Waals surface area contributed by atoms with Crippen LogP contribution in [0.25, 0.3) is 11.1 Å². The van der Waals surface area contributed by atoms with Gasteiger partial charge in [-0.1, -0.05) is 12.1 Å². The number of nitrogen functional groups attached to an aromatic ring is 1. The minimum absolute atomic E-state index is 0.00171. The first kappa shape index (κ1) is 50.2. The Morgan fingerprint density at radius 1 is 0.567 bits per heavy atom. The minimum atomic E-state index is -0.696. The van der Waals surface area contributed by atoms with E-state index in [4.69, 9.17) is 19.6 Å². The second-order valence-corrected chi connectivity index (χ2v) is 19.5. The summed E-state index contributed by atoms with van der Waals surface area (Å²) in [6, 6.07) is 13.2. The number of nitrogens with two attached hydrogens (primary N) is 1. The minimum Gasteiger partial charge on any atom is -0.472 e. The van der Waals surface area contributed by atoms with Crippen molar-refractivity contribution in [2.75, 3.05) is 42.8 Å². The molecule has 0 bridgehead atoms. The Labute approximate surface area is 392 Å². The average Bonchev–Trinajstić information content (AvgIpc) is 4.07. The smallest absolute Gasteiger partial charge is 0.228 e. The second kappa shape index (κ2) is 21.2. The van der Waals surface area contributed by atoms with Gasteiger partial charge in [-0.3, -0.25) is 24.0 Å². The van der Waals surface area contributed by atoms with Gasteiger partial charge in [0.2, 0.25) is 29.5 Å². The van der Waals surface area contributed by atoms with Crippen molar-refractivity contribution < 1.29 is 37.9 Å². The molecule has 17 heteroatoms. The zero-order valence-corrected chi connectivity index (χ0v) is 40.3. The molecule has 4 aromatic heterocycles. The molecule has 17 nitrogen and oxygen atoms in total. The van der Waals surface area contributed by atoms with E-state index < -0.39 is 16.6 Å². The topological polar surface area (TPSA) is 242 Å². The van der Waals surface area contributed by atoms with Crippen molar-refractivity contribution in [3.05, 3.63) is 83.2 Å². The van der Waals surface area contributed by atoms with Crippen molar-refractivity contribution in [1.82, 2.24) is 30.9 Å². The Balaban J connectivity index is 0.000000167. The Morgan fingerprint density at radius 2 is 1.00 bits per heavy atom. The van der Waals surface area contributed by atoms with Crippen LogP contribution in [0.2, 0.25) is 0 Å². The van der Waals surface area contributed by atoms with Crippen LogP contribution in [0.1, 0.15) is 141 Å². The van der Waals surface area contributed by atoms with Crippen molar-refractivity contribution >= 4 is 47.0 Å². The van der Waals surface area contributed by atoms with Crippen LogP contribution in [-0.2, 0) is 50.1 Å². The Morgan fingerprint density at radius 3 is 1.42 bits per heavy atom. The van der Waals surface area contributed by atoms with E-state index in [-0.39, 0.29) is 47.3 Å². The third-order valence-corrected chi connectivity index (χ3v) is 12.0. The molecule has 2 saturated heterocycles. The number of ether oxygens (including phenoxy) is 2. The summed E-state index contributed by atoms with van der Waals surface area (Å²) in [4.78, 5) is 72.3. The summed E-state index contributed by atoms with van der Waals surface area (Å²) in [5.41, 5.74) is 10.2. The molecule has 0 aromatic carbocycles. The molecule has 7 N–H and O–H groups in total. The number of nitrogens with one attached hydrogen (secondary N) is 5. The molecular formula is C50H67N9O8. The highest BCUT2D eigenvalue weighted by Crippen LogP contribution is 2.37. The molecule has 67 heavy (non-hydrogen) atoms. The maximum absolute atomic E-state index is 12.0.